The Morgan fingerprint density at radius 1 is 1.10 bits per heavy atom. The molecule has 30 heavy (non-hydrogen) atoms. The second-order valence-corrected chi connectivity index (χ2v) is 6.80. The minimum atomic E-state index is -1.21. The van der Waals surface area contributed by atoms with Gasteiger partial charge in [0, 0.05) is 16.6 Å². The first-order valence-electron chi connectivity index (χ1n) is 8.95. The molecule has 0 fully saturated rings. The summed E-state index contributed by atoms with van der Waals surface area (Å²) in [6, 6.07) is 6.99. The fourth-order valence-electron chi connectivity index (χ4n) is 3.44. The van der Waals surface area contributed by atoms with Crippen LogP contribution in [0.4, 0.5) is 8.78 Å². The molecule has 0 saturated heterocycles. The van der Waals surface area contributed by atoms with E-state index in [2.05, 4.69) is 5.32 Å². The molecule has 0 spiro atoms. The van der Waals surface area contributed by atoms with Crippen molar-refractivity contribution in [1.29, 1.82) is 0 Å². The fourth-order valence-corrected chi connectivity index (χ4v) is 3.44. The Bertz CT molecular complexity index is 1190. The van der Waals surface area contributed by atoms with Gasteiger partial charge in [0.15, 0.2) is 11.6 Å². The van der Waals surface area contributed by atoms with Crippen LogP contribution in [-0.4, -0.2) is 39.1 Å². The van der Waals surface area contributed by atoms with E-state index in [1.165, 1.54) is 29.7 Å². The van der Waals surface area contributed by atoms with Crippen LogP contribution >= 0.6 is 0 Å². The molecule has 1 amide bonds. The van der Waals surface area contributed by atoms with Crippen LogP contribution in [0.3, 0.4) is 0 Å². The molecular weight excluding hydrogens is 398 g/mol. The molecule has 1 atom stereocenters. The molecule has 0 aliphatic rings. The molecule has 1 heterocycles. The van der Waals surface area contributed by atoms with Gasteiger partial charge >= 0.3 is 5.97 Å². The zero-order valence-corrected chi connectivity index (χ0v) is 16.1. The Kier molecular flexibility index (Phi) is 5.55. The summed E-state index contributed by atoms with van der Waals surface area (Å²) in [5.74, 6) is -5.65. The highest BCUT2D eigenvalue weighted by Crippen LogP contribution is 2.34. The zero-order valence-electron chi connectivity index (χ0n) is 16.1. The van der Waals surface area contributed by atoms with Crippen LogP contribution in [0.25, 0.3) is 10.9 Å². The third-order valence-corrected chi connectivity index (χ3v) is 4.85. The maximum atomic E-state index is 13.6. The van der Waals surface area contributed by atoms with Crippen molar-refractivity contribution in [3.8, 4) is 5.75 Å². The molecule has 7 nitrogen and oxygen atoms in total. The minimum absolute atomic E-state index is 0.0979. The topological polar surface area (TPSA) is 109 Å². The third kappa shape index (κ3) is 3.73. The van der Waals surface area contributed by atoms with E-state index < -0.39 is 41.9 Å². The SMILES string of the molecule is Cc1c([C@@H](C)C(=O)NCC(=O)O)c2cc(O)ccc2n1C(=O)c1ccc(F)c(F)c1. The summed E-state index contributed by atoms with van der Waals surface area (Å²) in [7, 11) is 0. The molecule has 2 aromatic carbocycles. The predicted octanol–water partition coefficient (Wildman–Crippen LogP) is 2.93. The summed E-state index contributed by atoms with van der Waals surface area (Å²) in [6.07, 6.45) is 0. The Balaban J connectivity index is 2.15. The number of phenols is 1. The van der Waals surface area contributed by atoms with E-state index in [9.17, 15) is 28.3 Å². The first-order valence-corrected chi connectivity index (χ1v) is 8.95. The van der Waals surface area contributed by atoms with Gasteiger partial charge in [-0.15, -0.1) is 0 Å². The van der Waals surface area contributed by atoms with Gasteiger partial charge in [-0.25, -0.2) is 8.78 Å². The smallest absolute Gasteiger partial charge is 0.322 e. The molecule has 0 aliphatic carbocycles. The van der Waals surface area contributed by atoms with Crippen molar-refractivity contribution in [2.24, 2.45) is 0 Å². The van der Waals surface area contributed by atoms with Gasteiger partial charge in [0.05, 0.1) is 11.4 Å². The molecule has 156 valence electrons. The number of amides is 1. The summed E-state index contributed by atoms with van der Waals surface area (Å²) in [5, 5.41) is 21.4. The van der Waals surface area contributed by atoms with E-state index in [1.54, 1.807) is 6.92 Å². The van der Waals surface area contributed by atoms with Crippen LogP contribution in [0, 0.1) is 18.6 Å². The van der Waals surface area contributed by atoms with Crippen LogP contribution in [-0.2, 0) is 9.59 Å². The largest absolute Gasteiger partial charge is 0.508 e. The lowest BCUT2D eigenvalue weighted by atomic mass is 9.97. The van der Waals surface area contributed by atoms with E-state index >= 15 is 0 Å². The van der Waals surface area contributed by atoms with Crippen LogP contribution in [0.5, 0.6) is 5.75 Å². The molecule has 9 heteroatoms. The Morgan fingerprint density at radius 2 is 1.80 bits per heavy atom. The predicted molar refractivity (Wildman–Crippen MR) is 103 cm³/mol. The van der Waals surface area contributed by atoms with E-state index in [-0.39, 0.29) is 11.3 Å². The highest BCUT2D eigenvalue weighted by molar-refractivity contribution is 6.05. The number of rotatable bonds is 5. The summed E-state index contributed by atoms with van der Waals surface area (Å²) in [4.78, 5) is 36.3. The number of nitrogens with zero attached hydrogens (tertiary/aromatic N) is 1. The highest BCUT2D eigenvalue weighted by atomic mass is 19.2. The molecule has 0 radical (unpaired) electrons. The van der Waals surface area contributed by atoms with Crippen molar-refractivity contribution in [1.82, 2.24) is 9.88 Å². The van der Waals surface area contributed by atoms with Crippen LogP contribution in [0.15, 0.2) is 36.4 Å². The van der Waals surface area contributed by atoms with Gasteiger partial charge in [-0.05, 0) is 55.8 Å². The van der Waals surface area contributed by atoms with E-state index in [4.69, 9.17) is 5.11 Å². The monoisotopic (exact) mass is 416 g/mol. The molecule has 3 rings (SSSR count). The van der Waals surface area contributed by atoms with Gasteiger partial charge in [-0.2, -0.15) is 0 Å². The van der Waals surface area contributed by atoms with Crippen molar-refractivity contribution in [3.05, 3.63) is 64.9 Å². The molecule has 0 aliphatic heterocycles. The molecule has 0 saturated carbocycles. The number of carboxylic acid groups (broad SMARTS) is 1. The van der Waals surface area contributed by atoms with E-state index in [0.29, 0.717) is 22.2 Å². The molecule has 0 unspecified atom stereocenters. The number of fused-ring (bicyclic) bond motifs is 1. The summed E-state index contributed by atoms with van der Waals surface area (Å²) in [5.41, 5.74) is 1.01. The number of aromatic hydroxyl groups is 1. The fraction of sp³-hybridized carbons (Fsp3) is 0.190. The Hall–Kier alpha value is -3.75. The van der Waals surface area contributed by atoms with Crippen molar-refractivity contribution < 1.29 is 33.4 Å². The molecular formula is C21H18F2N2O5. The average Bonchev–Trinajstić information content (AvgIpc) is 2.97. The Morgan fingerprint density at radius 3 is 2.43 bits per heavy atom. The number of carbonyl (C=O) groups is 3. The number of aliphatic carboxylic acids is 1. The first-order chi connectivity index (χ1) is 14.1. The summed E-state index contributed by atoms with van der Waals surface area (Å²) in [6.45, 7) is 2.54. The number of benzene rings is 2. The summed E-state index contributed by atoms with van der Waals surface area (Å²) < 4.78 is 28.2. The number of hydrogen-bond donors (Lipinski definition) is 3. The number of aromatic nitrogens is 1. The van der Waals surface area contributed by atoms with Crippen molar-refractivity contribution in [2.75, 3.05) is 6.54 Å². The van der Waals surface area contributed by atoms with Gasteiger partial charge in [-0.3, -0.25) is 19.0 Å². The van der Waals surface area contributed by atoms with E-state index in [0.717, 1.165) is 18.2 Å². The number of hydrogen-bond acceptors (Lipinski definition) is 4. The van der Waals surface area contributed by atoms with Gasteiger partial charge < -0.3 is 15.5 Å². The Labute approximate surface area is 169 Å². The average molecular weight is 416 g/mol. The quantitative estimate of drug-likeness (QED) is 0.593. The first kappa shape index (κ1) is 21.0. The van der Waals surface area contributed by atoms with Crippen LogP contribution in [0.2, 0.25) is 0 Å². The lowest BCUT2D eigenvalue weighted by molar-refractivity contribution is -0.138. The van der Waals surface area contributed by atoms with Gasteiger partial charge in [0.1, 0.15) is 12.3 Å². The number of phenolic OH excluding ortho intramolecular Hbond substituents is 1. The van der Waals surface area contributed by atoms with Crippen molar-refractivity contribution >= 4 is 28.7 Å². The number of carbonyl (C=O) groups excluding carboxylic acids is 2. The number of carboxylic acids is 1. The van der Waals surface area contributed by atoms with Crippen molar-refractivity contribution in [2.45, 2.75) is 19.8 Å². The van der Waals surface area contributed by atoms with Crippen molar-refractivity contribution in [3.63, 3.8) is 0 Å². The van der Waals surface area contributed by atoms with E-state index in [1.807, 2.05) is 0 Å². The lowest BCUT2D eigenvalue weighted by Gasteiger charge is -2.13. The standard InChI is InChI=1S/C21H18F2N2O5/c1-10(20(29)24-9-18(27)28)19-11(2)25(17-6-4-13(26)8-14(17)19)21(30)12-3-5-15(22)16(23)7-12/h3-8,10,26H,9H2,1-2H3,(H,24,29)(H,27,28)/t10-/m1/s1. The van der Waals surface area contributed by atoms with Crippen LogP contribution < -0.4 is 5.32 Å². The lowest BCUT2D eigenvalue weighted by Crippen LogP contribution is -2.32. The second kappa shape index (κ2) is 7.94. The zero-order chi connectivity index (χ0) is 22.2. The normalized spacial score (nSPS) is 12.0. The maximum Gasteiger partial charge on any atom is 0.322 e. The highest BCUT2D eigenvalue weighted by Gasteiger charge is 2.27. The molecule has 0 bridgehead atoms. The molecule has 3 aromatic rings. The summed E-state index contributed by atoms with van der Waals surface area (Å²) >= 11 is 0. The number of halogens is 2. The van der Waals surface area contributed by atoms with Gasteiger partial charge in [0.2, 0.25) is 5.91 Å². The van der Waals surface area contributed by atoms with Gasteiger partial charge in [-0.1, -0.05) is 0 Å². The maximum absolute atomic E-state index is 13.6. The second-order valence-electron chi connectivity index (χ2n) is 6.80. The third-order valence-electron chi connectivity index (χ3n) is 4.85. The van der Waals surface area contributed by atoms with Gasteiger partial charge in [0.25, 0.3) is 5.91 Å². The minimum Gasteiger partial charge on any atom is -0.508 e. The molecule has 3 N–H and O–H groups in total. The molecule has 1 aromatic heterocycles. The number of nitrogens with one attached hydrogen (secondary N) is 1. The van der Waals surface area contributed by atoms with Crippen LogP contribution in [0.1, 0.15) is 34.5 Å².